The van der Waals surface area contributed by atoms with E-state index in [1.165, 1.54) is 12.8 Å². The van der Waals surface area contributed by atoms with Crippen molar-refractivity contribution in [3.05, 3.63) is 12.2 Å². The third-order valence-electron chi connectivity index (χ3n) is 2.52. The molecule has 3 atom stereocenters. The van der Waals surface area contributed by atoms with E-state index in [1.807, 2.05) is 7.11 Å². The number of fused-ring (bicyclic) bond motifs is 2. The van der Waals surface area contributed by atoms with Crippen LogP contribution in [0.1, 0.15) is 12.8 Å². The molecular formula is C8H12O. The SMILES string of the molecule is CO[C@@H]1C[C@H]2C=C[C@@H]1C2. The van der Waals surface area contributed by atoms with E-state index in [1.54, 1.807) is 0 Å². The summed E-state index contributed by atoms with van der Waals surface area (Å²) < 4.78 is 5.29. The quantitative estimate of drug-likeness (QED) is 0.482. The summed E-state index contributed by atoms with van der Waals surface area (Å²) in [7, 11) is 1.82. The summed E-state index contributed by atoms with van der Waals surface area (Å²) in [6.45, 7) is 0. The average Bonchev–Trinajstić information content (AvgIpc) is 2.45. The summed E-state index contributed by atoms with van der Waals surface area (Å²) in [6.07, 6.45) is 7.79. The third-order valence-corrected chi connectivity index (χ3v) is 2.52. The molecule has 0 aliphatic heterocycles. The van der Waals surface area contributed by atoms with E-state index < -0.39 is 0 Å². The zero-order valence-electron chi connectivity index (χ0n) is 5.71. The molecule has 2 aliphatic carbocycles. The van der Waals surface area contributed by atoms with Crippen molar-refractivity contribution in [1.82, 2.24) is 0 Å². The lowest BCUT2D eigenvalue weighted by atomic mass is 10.1. The summed E-state index contributed by atoms with van der Waals surface area (Å²) in [5.74, 6) is 1.60. The first kappa shape index (κ1) is 5.48. The molecule has 2 rings (SSSR count). The second-order valence-electron chi connectivity index (χ2n) is 3.05. The Kier molecular flexibility index (Phi) is 1.12. The van der Waals surface area contributed by atoms with Gasteiger partial charge in [-0.3, -0.25) is 0 Å². The molecule has 0 amide bonds. The molecule has 0 spiro atoms. The van der Waals surface area contributed by atoms with Crippen LogP contribution >= 0.6 is 0 Å². The molecule has 0 aromatic heterocycles. The topological polar surface area (TPSA) is 9.23 Å². The maximum atomic E-state index is 5.29. The summed E-state index contributed by atoms with van der Waals surface area (Å²) in [5.41, 5.74) is 0. The van der Waals surface area contributed by atoms with Gasteiger partial charge in [0.15, 0.2) is 0 Å². The lowest BCUT2D eigenvalue weighted by molar-refractivity contribution is 0.0825. The van der Waals surface area contributed by atoms with Crippen LogP contribution in [0.5, 0.6) is 0 Å². The first-order valence-corrected chi connectivity index (χ1v) is 3.61. The van der Waals surface area contributed by atoms with E-state index in [0.29, 0.717) is 6.10 Å². The minimum absolute atomic E-state index is 0.542. The van der Waals surface area contributed by atoms with Gasteiger partial charge in [0.2, 0.25) is 0 Å². The predicted molar refractivity (Wildman–Crippen MR) is 36.2 cm³/mol. The second-order valence-corrected chi connectivity index (χ2v) is 3.05. The number of methoxy groups -OCH3 is 1. The highest BCUT2D eigenvalue weighted by atomic mass is 16.5. The molecule has 2 bridgehead atoms. The van der Waals surface area contributed by atoms with Crippen molar-refractivity contribution in [2.75, 3.05) is 7.11 Å². The van der Waals surface area contributed by atoms with Crippen molar-refractivity contribution in [2.24, 2.45) is 11.8 Å². The molecule has 1 heteroatoms. The Labute approximate surface area is 55.7 Å². The van der Waals surface area contributed by atoms with E-state index in [9.17, 15) is 0 Å². The van der Waals surface area contributed by atoms with Crippen molar-refractivity contribution in [3.63, 3.8) is 0 Å². The zero-order valence-corrected chi connectivity index (χ0v) is 5.71. The van der Waals surface area contributed by atoms with Crippen molar-refractivity contribution < 1.29 is 4.74 Å². The molecular weight excluding hydrogens is 112 g/mol. The fourth-order valence-electron chi connectivity index (χ4n) is 2.00. The van der Waals surface area contributed by atoms with Gasteiger partial charge in [0.05, 0.1) is 6.10 Å². The molecule has 1 saturated carbocycles. The predicted octanol–water partition coefficient (Wildman–Crippen LogP) is 1.60. The maximum Gasteiger partial charge on any atom is 0.0639 e. The number of allylic oxidation sites excluding steroid dienone is 1. The van der Waals surface area contributed by atoms with E-state index in [4.69, 9.17) is 4.74 Å². The highest BCUT2D eigenvalue weighted by molar-refractivity contribution is 5.10. The molecule has 0 radical (unpaired) electrons. The Morgan fingerprint density at radius 3 is 2.56 bits per heavy atom. The van der Waals surface area contributed by atoms with Crippen LogP contribution in [-0.2, 0) is 4.74 Å². The number of ether oxygens (including phenoxy) is 1. The Bertz CT molecular complexity index is 140. The van der Waals surface area contributed by atoms with Crippen LogP contribution in [0, 0.1) is 11.8 Å². The summed E-state index contributed by atoms with van der Waals surface area (Å²) in [5, 5.41) is 0. The van der Waals surface area contributed by atoms with Gasteiger partial charge in [0.25, 0.3) is 0 Å². The number of rotatable bonds is 1. The highest BCUT2D eigenvalue weighted by Crippen LogP contribution is 2.40. The second kappa shape index (κ2) is 1.84. The van der Waals surface area contributed by atoms with E-state index >= 15 is 0 Å². The van der Waals surface area contributed by atoms with Crippen LogP contribution < -0.4 is 0 Å². The Hall–Kier alpha value is -0.300. The molecule has 0 heterocycles. The molecule has 0 aromatic carbocycles. The van der Waals surface area contributed by atoms with Gasteiger partial charge in [-0.1, -0.05) is 12.2 Å². The summed E-state index contributed by atoms with van der Waals surface area (Å²) in [4.78, 5) is 0. The smallest absolute Gasteiger partial charge is 0.0639 e. The Balaban J connectivity index is 2.10. The molecule has 2 aliphatic rings. The zero-order chi connectivity index (χ0) is 6.27. The first-order valence-electron chi connectivity index (χ1n) is 3.61. The van der Waals surface area contributed by atoms with E-state index in [-0.39, 0.29) is 0 Å². The van der Waals surface area contributed by atoms with Crippen LogP contribution in [0.2, 0.25) is 0 Å². The monoisotopic (exact) mass is 124 g/mol. The van der Waals surface area contributed by atoms with Gasteiger partial charge in [0.1, 0.15) is 0 Å². The van der Waals surface area contributed by atoms with Gasteiger partial charge in [-0.25, -0.2) is 0 Å². The third kappa shape index (κ3) is 0.715. The largest absolute Gasteiger partial charge is 0.381 e. The van der Waals surface area contributed by atoms with Crippen molar-refractivity contribution in [1.29, 1.82) is 0 Å². The number of hydrogen-bond acceptors (Lipinski definition) is 1. The van der Waals surface area contributed by atoms with Gasteiger partial charge in [-0.2, -0.15) is 0 Å². The van der Waals surface area contributed by atoms with Gasteiger partial charge >= 0.3 is 0 Å². The van der Waals surface area contributed by atoms with Gasteiger partial charge in [0, 0.05) is 13.0 Å². The lowest BCUT2D eigenvalue weighted by Gasteiger charge is -2.14. The molecule has 0 saturated heterocycles. The fraction of sp³-hybridized carbons (Fsp3) is 0.750. The van der Waals surface area contributed by atoms with Crippen molar-refractivity contribution in [3.8, 4) is 0 Å². The summed E-state index contributed by atoms with van der Waals surface area (Å²) in [6, 6.07) is 0. The van der Waals surface area contributed by atoms with Gasteiger partial charge in [-0.15, -0.1) is 0 Å². The van der Waals surface area contributed by atoms with Crippen molar-refractivity contribution in [2.45, 2.75) is 18.9 Å². The highest BCUT2D eigenvalue weighted by Gasteiger charge is 2.35. The average molecular weight is 124 g/mol. The van der Waals surface area contributed by atoms with Crippen LogP contribution in [-0.4, -0.2) is 13.2 Å². The van der Waals surface area contributed by atoms with Crippen LogP contribution in [0.25, 0.3) is 0 Å². The van der Waals surface area contributed by atoms with E-state index in [0.717, 1.165) is 11.8 Å². The molecule has 50 valence electrons. The minimum atomic E-state index is 0.542. The van der Waals surface area contributed by atoms with E-state index in [2.05, 4.69) is 12.2 Å². The van der Waals surface area contributed by atoms with Crippen molar-refractivity contribution >= 4 is 0 Å². The normalized spacial score (nSPS) is 46.6. The molecule has 1 fully saturated rings. The van der Waals surface area contributed by atoms with Gasteiger partial charge < -0.3 is 4.74 Å². The summed E-state index contributed by atoms with van der Waals surface area (Å²) >= 11 is 0. The molecule has 0 N–H and O–H groups in total. The molecule has 1 nitrogen and oxygen atoms in total. The molecule has 0 aromatic rings. The van der Waals surface area contributed by atoms with Gasteiger partial charge in [-0.05, 0) is 18.8 Å². The minimum Gasteiger partial charge on any atom is -0.381 e. The number of hydrogen-bond donors (Lipinski definition) is 0. The maximum absolute atomic E-state index is 5.29. The molecule has 9 heavy (non-hydrogen) atoms. The standard InChI is InChI=1S/C8H12O/c1-9-8-5-6-2-3-7(8)4-6/h2-3,6-8H,4-5H2,1H3/t6-,7+,8+/m0/s1. The Morgan fingerprint density at radius 2 is 2.22 bits per heavy atom. The van der Waals surface area contributed by atoms with Crippen LogP contribution in [0.3, 0.4) is 0 Å². The van der Waals surface area contributed by atoms with Crippen LogP contribution in [0.4, 0.5) is 0 Å². The molecule has 0 unspecified atom stereocenters. The Morgan fingerprint density at radius 1 is 1.33 bits per heavy atom. The fourth-order valence-corrected chi connectivity index (χ4v) is 2.00. The van der Waals surface area contributed by atoms with Crippen LogP contribution in [0.15, 0.2) is 12.2 Å². The lowest BCUT2D eigenvalue weighted by Crippen LogP contribution is -2.15. The first-order chi connectivity index (χ1) is 4.40.